The molecular formula is C17H11ClF3NO3. The Morgan fingerprint density at radius 3 is 2.64 bits per heavy atom. The number of Topliss-reactive ketones (excluding diaryl/α,β-unsaturated/α-hetero) is 1. The summed E-state index contributed by atoms with van der Waals surface area (Å²) in [6.07, 6.45) is -4.56. The number of ketones is 1. The van der Waals surface area contributed by atoms with Gasteiger partial charge < -0.3 is 10.0 Å². The topological polar surface area (TPSA) is 57.6 Å². The first kappa shape index (κ1) is 17.3. The van der Waals surface area contributed by atoms with Gasteiger partial charge >= 0.3 is 6.18 Å². The fraction of sp³-hybridized carbons (Fsp3) is 0.176. The number of halogens is 4. The van der Waals surface area contributed by atoms with Crippen molar-refractivity contribution in [1.82, 2.24) is 0 Å². The van der Waals surface area contributed by atoms with Gasteiger partial charge in [0.05, 0.1) is 10.6 Å². The zero-order valence-corrected chi connectivity index (χ0v) is 13.3. The summed E-state index contributed by atoms with van der Waals surface area (Å²) >= 11 is 5.63. The van der Waals surface area contributed by atoms with Gasteiger partial charge in [-0.2, -0.15) is 13.2 Å². The van der Waals surface area contributed by atoms with Crippen LogP contribution in [0.4, 0.5) is 18.9 Å². The molecular weight excluding hydrogens is 359 g/mol. The van der Waals surface area contributed by atoms with Gasteiger partial charge in [0.1, 0.15) is 11.8 Å². The molecule has 0 fully saturated rings. The van der Waals surface area contributed by atoms with Gasteiger partial charge in [0.2, 0.25) is 5.78 Å². The summed E-state index contributed by atoms with van der Waals surface area (Å²) in [6.45, 7) is 0.0763. The van der Waals surface area contributed by atoms with Gasteiger partial charge in [-0.25, -0.2) is 0 Å². The zero-order valence-electron chi connectivity index (χ0n) is 12.5. The van der Waals surface area contributed by atoms with E-state index < -0.39 is 28.6 Å². The SMILES string of the molecule is O=CC(=O)C1c2c(O)cccc2CN1c1ccc(Cl)c(C(F)(F)F)c1. The second kappa shape index (κ2) is 6.07. The van der Waals surface area contributed by atoms with Crippen molar-refractivity contribution >= 4 is 29.4 Å². The number of aromatic hydroxyl groups is 1. The van der Waals surface area contributed by atoms with Gasteiger partial charge in [0.15, 0.2) is 6.29 Å². The number of hydrogen-bond acceptors (Lipinski definition) is 4. The lowest BCUT2D eigenvalue weighted by atomic mass is 10.0. The number of fused-ring (bicyclic) bond motifs is 1. The quantitative estimate of drug-likeness (QED) is 0.658. The van der Waals surface area contributed by atoms with Gasteiger partial charge in [0.25, 0.3) is 0 Å². The standard InChI is InChI=1S/C17H11ClF3NO3/c18-12-5-4-10(6-11(12)17(19,20)21)22-7-9-2-1-3-13(24)15(9)16(22)14(25)8-23/h1-6,8,16,24H,7H2. The minimum Gasteiger partial charge on any atom is -0.508 e. The summed E-state index contributed by atoms with van der Waals surface area (Å²) in [5.74, 6) is -1.05. The van der Waals surface area contributed by atoms with Crippen LogP contribution < -0.4 is 4.90 Å². The van der Waals surface area contributed by atoms with E-state index in [1.54, 1.807) is 12.1 Å². The number of nitrogens with zero attached hydrogens (tertiary/aromatic N) is 1. The third-order valence-corrected chi connectivity index (χ3v) is 4.40. The van der Waals surface area contributed by atoms with Crippen LogP contribution in [-0.2, 0) is 22.3 Å². The maximum absolute atomic E-state index is 13.1. The predicted octanol–water partition coefficient (Wildman–Crippen LogP) is 3.89. The average molecular weight is 370 g/mol. The van der Waals surface area contributed by atoms with Crippen molar-refractivity contribution in [3.05, 3.63) is 58.1 Å². The van der Waals surface area contributed by atoms with Crippen LogP contribution in [0.25, 0.3) is 0 Å². The number of benzene rings is 2. The molecule has 1 atom stereocenters. The summed E-state index contributed by atoms with van der Waals surface area (Å²) in [6, 6.07) is 6.63. The van der Waals surface area contributed by atoms with Crippen LogP contribution in [0.3, 0.4) is 0 Å². The second-order valence-electron chi connectivity index (χ2n) is 5.56. The number of alkyl halides is 3. The molecule has 1 aliphatic heterocycles. The first-order valence-electron chi connectivity index (χ1n) is 7.17. The third kappa shape index (κ3) is 2.95. The molecule has 0 amide bonds. The Morgan fingerprint density at radius 1 is 1.28 bits per heavy atom. The van der Waals surface area contributed by atoms with E-state index in [1.807, 2.05) is 0 Å². The van der Waals surface area contributed by atoms with Crippen LogP contribution in [0.5, 0.6) is 5.75 Å². The van der Waals surface area contributed by atoms with Crippen molar-refractivity contribution in [1.29, 1.82) is 0 Å². The largest absolute Gasteiger partial charge is 0.508 e. The highest BCUT2D eigenvalue weighted by Gasteiger charge is 2.39. The maximum atomic E-state index is 13.1. The first-order valence-corrected chi connectivity index (χ1v) is 7.55. The highest BCUT2D eigenvalue weighted by atomic mass is 35.5. The molecule has 0 radical (unpaired) electrons. The number of anilines is 1. The van der Waals surface area contributed by atoms with E-state index in [2.05, 4.69) is 0 Å². The number of hydrogen-bond donors (Lipinski definition) is 1. The van der Waals surface area contributed by atoms with E-state index in [0.29, 0.717) is 5.56 Å². The summed E-state index contributed by atoms with van der Waals surface area (Å²) < 4.78 is 39.3. The molecule has 2 aromatic rings. The Bertz CT molecular complexity index is 867. The monoisotopic (exact) mass is 369 g/mol. The predicted molar refractivity (Wildman–Crippen MR) is 84.6 cm³/mol. The van der Waals surface area contributed by atoms with Crippen LogP contribution in [0.1, 0.15) is 22.7 Å². The van der Waals surface area contributed by atoms with E-state index in [0.717, 1.165) is 12.1 Å². The Labute approximate surface area is 145 Å². The summed E-state index contributed by atoms with van der Waals surface area (Å²) in [5, 5.41) is 9.58. The molecule has 4 nitrogen and oxygen atoms in total. The molecule has 2 aromatic carbocycles. The lowest BCUT2D eigenvalue weighted by Gasteiger charge is -2.26. The Morgan fingerprint density at radius 2 is 2.00 bits per heavy atom. The van der Waals surface area contributed by atoms with Gasteiger partial charge in [-0.15, -0.1) is 0 Å². The van der Waals surface area contributed by atoms with Crippen molar-refractivity contribution in [2.45, 2.75) is 18.8 Å². The van der Waals surface area contributed by atoms with E-state index in [-0.39, 0.29) is 29.8 Å². The zero-order chi connectivity index (χ0) is 18.4. The highest BCUT2D eigenvalue weighted by Crippen LogP contribution is 2.44. The van der Waals surface area contributed by atoms with Gasteiger partial charge in [0, 0.05) is 17.8 Å². The molecule has 0 saturated heterocycles. The first-order chi connectivity index (χ1) is 11.7. The lowest BCUT2D eigenvalue weighted by Crippen LogP contribution is -2.29. The molecule has 1 unspecified atom stereocenters. The molecule has 0 bridgehead atoms. The number of carbonyl (C=O) groups is 2. The molecule has 1 aliphatic rings. The molecule has 8 heteroatoms. The number of phenols is 1. The van der Waals surface area contributed by atoms with Gasteiger partial charge in [-0.05, 0) is 29.8 Å². The van der Waals surface area contributed by atoms with Gasteiger partial charge in [-0.1, -0.05) is 23.7 Å². The molecule has 0 aromatic heterocycles. The van der Waals surface area contributed by atoms with E-state index >= 15 is 0 Å². The minimum absolute atomic E-state index is 0.0763. The van der Waals surface area contributed by atoms with Crippen LogP contribution in [0.15, 0.2) is 36.4 Å². The Kier molecular flexibility index (Phi) is 4.20. The molecule has 130 valence electrons. The summed E-state index contributed by atoms with van der Waals surface area (Å²) in [7, 11) is 0. The molecule has 1 heterocycles. The van der Waals surface area contributed by atoms with Crippen LogP contribution >= 0.6 is 11.6 Å². The maximum Gasteiger partial charge on any atom is 0.417 e. The average Bonchev–Trinajstić information content (AvgIpc) is 2.94. The second-order valence-corrected chi connectivity index (χ2v) is 5.97. The third-order valence-electron chi connectivity index (χ3n) is 4.07. The number of aldehydes is 1. The van der Waals surface area contributed by atoms with E-state index in [9.17, 15) is 27.9 Å². The van der Waals surface area contributed by atoms with E-state index in [1.165, 1.54) is 17.0 Å². The van der Waals surface area contributed by atoms with Gasteiger partial charge in [-0.3, -0.25) is 9.59 Å². The normalized spacial score (nSPS) is 16.6. The lowest BCUT2D eigenvalue weighted by molar-refractivity contribution is -0.137. The Hall–Kier alpha value is -2.54. The fourth-order valence-corrected chi connectivity index (χ4v) is 3.22. The smallest absolute Gasteiger partial charge is 0.417 e. The van der Waals surface area contributed by atoms with Crippen LogP contribution in [0.2, 0.25) is 5.02 Å². The molecule has 3 rings (SSSR count). The fourth-order valence-electron chi connectivity index (χ4n) is 2.99. The van der Waals surface area contributed by atoms with Crippen molar-refractivity contribution in [3.63, 3.8) is 0 Å². The van der Waals surface area contributed by atoms with Crippen LogP contribution in [0, 0.1) is 0 Å². The van der Waals surface area contributed by atoms with Crippen molar-refractivity contribution in [2.24, 2.45) is 0 Å². The van der Waals surface area contributed by atoms with E-state index in [4.69, 9.17) is 11.6 Å². The van der Waals surface area contributed by atoms with Crippen molar-refractivity contribution in [2.75, 3.05) is 4.90 Å². The minimum atomic E-state index is -4.66. The number of phenolic OH excluding ortho intramolecular Hbond substituents is 1. The molecule has 25 heavy (non-hydrogen) atoms. The Balaban J connectivity index is 2.13. The van der Waals surface area contributed by atoms with Crippen molar-refractivity contribution < 1.29 is 27.9 Å². The molecule has 1 N–H and O–H groups in total. The number of rotatable bonds is 3. The number of carbonyl (C=O) groups excluding carboxylic acids is 2. The molecule has 0 saturated carbocycles. The summed E-state index contributed by atoms with van der Waals surface area (Å²) in [4.78, 5) is 24.4. The molecule has 0 spiro atoms. The molecule has 0 aliphatic carbocycles. The van der Waals surface area contributed by atoms with Crippen LogP contribution in [-0.4, -0.2) is 17.2 Å². The summed E-state index contributed by atoms with van der Waals surface area (Å²) in [5.41, 5.74) is -0.177. The van der Waals surface area contributed by atoms with Crippen molar-refractivity contribution in [3.8, 4) is 5.75 Å². The highest BCUT2D eigenvalue weighted by molar-refractivity contribution is 6.31.